The van der Waals surface area contributed by atoms with Crippen LogP contribution in [0.4, 0.5) is 0 Å². The number of ether oxygens (including phenoxy) is 5. The molecular formula is C40H49IO7. The minimum atomic E-state index is -0.400. The fraction of sp³-hybridized carbons (Fsp3) is 0.400. The molecule has 7 nitrogen and oxygen atoms in total. The predicted octanol–water partition coefficient (Wildman–Crippen LogP) is 8.53. The third kappa shape index (κ3) is 11.9. The largest absolute Gasteiger partial charge is 0.493 e. The number of hydrogen-bond acceptors (Lipinski definition) is 7. The minimum Gasteiger partial charge on any atom is -0.493 e. The SMILES string of the molecule is C=C(C)C(=O)OCCCc1ccc(-c2ccc(-c3ccc(OCCC(I)(COC)COC)c(CCOC(=O)C(=C)C)c3)c(CC)c2)cc1. The lowest BCUT2D eigenvalue weighted by Gasteiger charge is -2.26. The molecule has 3 aromatic rings. The van der Waals surface area contributed by atoms with Gasteiger partial charge in [-0.25, -0.2) is 9.59 Å². The zero-order valence-electron chi connectivity index (χ0n) is 29.0. The molecule has 0 saturated heterocycles. The van der Waals surface area contributed by atoms with E-state index in [2.05, 4.69) is 97.3 Å². The zero-order chi connectivity index (χ0) is 35.1. The summed E-state index contributed by atoms with van der Waals surface area (Å²) in [5, 5.41) is 0. The van der Waals surface area contributed by atoms with E-state index in [0.29, 0.717) is 44.0 Å². The number of esters is 2. The van der Waals surface area contributed by atoms with Crippen molar-refractivity contribution >= 4 is 34.5 Å². The Balaban J connectivity index is 1.79. The van der Waals surface area contributed by atoms with Gasteiger partial charge in [-0.05, 0) is 84.2 Å². The van der Waals surface area contributed by atoms with Crippen LogP contribution in [-0.4, -0.2) is 62.6 Å². The summed E-state index contributed by atoms with van der Waals surface area (Å²) in [7, 11) is 3.38. The Kier molecular flexibility index (Phi) is 15.8. The quantitative estimate of drug-likeness (QED) is 0.0375. The Morgan fingerprint density at radius 2 is 1.31 bits per heavy atom. The molecule has 3 rings (SSSR count). The van der Waals surface area contributed by atoms with Gasteiger partial charge in [-0.3, -0.25) is 0 Å². The summed E-state index contributed by atoms with van der Waals surface area (Å²) in [6.07, 6.45) is 3.71. The van der Waals surface area contributed by atoms with Gasteiger partial charge in [-0.1, -0.05) is 91.2 Å². The van der Waals surface area contributed by atoms with Crippen LogP contribution >= 0.6 is 22.6 Å². The molecule has 48 heavy (non-hydrogen) atoms. The van der Waals surface area contributed by atoms with Crippen LogP contribution in [0, 0.1) is 0 Å². The Morgan fingerprint density at radius 3 is 1.92 bits per heavy atom. The Hall–Kier alpha value is -3.47. The average Bonchev–Trinajstić information content (AvgIpc) is 3.07. The Bertz CT molecular complexity index is 1540. The van der Waals surface area contributed by atoms with E-state index in [1.54, 1.807) is 28.1 Å². The minimum absolute atomic E-state index is 0.197. The van der Waals surface area contributed by atoms with Gasteiger partial charge in [0.05, 0.1) is 36.5 Å². The van der Waals surface area contributed by atoms with Gasteiger partial charge >= 0.3 is 11.9 Å². The second kappa shape index (κ2) is 19.5. The van der Waals surface area contributed by atoms with E-state index < -0.39 is 5.97 Å². The van der Waals surface area contributed by atoms with Crippen LogP contribution in [-0.2, 0) is 47.8 Å². The van der Waals surface area contributed by atoms with Crippen LogP contribution in [0.15, 0.2) is 85.0 Å². The van der Waals surface area contributed by atoms with Crippen molar-refractivity contribution in [1.29, 1.82) is 0 Å². The molecule has 0 unspecified atom stereocenters. The number of alkyl halides is 1. The topological polar surface area (TPSA) is 80.3 Å². The summed E-state index contributed by atoms with van der Waals surface area (Å²) in [5.41, 5.74) is 8.72. The summed E-state index contributed by atoms with van der Waals surface area (Å²) in [6, 6.07) is 21.4. The normalized spacial score (nSPS) is 11.2. The molecule has 0 spiro atoms. The average molecular weight is 769 g/mol. The lowest BCUT2D eigenvalue weighted by molar-refractivity contribution is -0.139. The molecule has 0 N–H and O–H groups in total. The van der Waals surface area contributed by atoms with Crippen LogP contribution in [0.5, 0.6) is 5.75 Å². The monoisotopic (exact) mass is 768 g/mol. The lowest BCUT2D eigenvalue weighted by atomic mass is 9.92. The van der Waals surface area contributed by atoms with Crippen molar-refractivity contribution < 1.29 is 33.3 Å². The summed E-state index contributed by atoms with van der Waals surface area (Å²) in [6.45, 7) is 15.0. The van der Waals surface area contributed by atoms with E-state index in [4.69, 9.17) is 23.7 Å². The predicted molar refractivity (Wildman–Crippen MR) is 201 cm³/mol. The summed E-state index contributed by atoms with van der Waals surface area (Å²) < 4.78 is 27.6. The van der Waals surface area contributed by atoms with Crippen molar-refractivity contribution in [1.82, 2.24) is 0 Å². The third-order valence-corrected chi connectivity index (χ3v) is 9.07. The molecule has 0 aliphatic rings. The van der Waals surface area contributed by atoms with Gasteiger partial charge in [0.2, 0.25) is 0 Å². The molecule has 8 heteroatoms. The van der Waals surface area contributed by atoms with Gasteiger partial charge in [0, 0.05) is 38.2 Å². The number of carbonyl (C=O) groups excluding carboxylic acids is 2. The maximum Gasteiger partial charge on any atom is 0.333 e. The molecule has 0 saturated carbocycles. The third-order valence-electron chi connectivity index (χ3n) is 7.90. The number of halogens is 1. The second-order valence-electron chi connectivity index (χ2n) is 12.0. The molecule has 0 radical (unpaired) electrons. The highest BCUT2D eigenvalue weighted by Crippen LogP contribution is 2.33. The van der Waals surface area contributed by atoms with Crippen LogP contribution in [0.25, 0.3) is 22.3 Å². The molecule has 3 aromatic carbocycles. The molecule has 258 valence electrons. The first kappa shape index (κ1) is 39.0. The second-order valence-corrected chi connectivity index (χ2v) is 14.3. The van der Waals surface area contributed by atoms with Gasteiger partial charge in [0.15, 0.2) is 0 Å². The lowest BCUT2D eigenvalue weighted by Crippen LogP contribution is -2.34. The Labute approximate surface area is 299 Å². The standard InChI is InChI=1S/C40H49IO7/c1-8-31-24-33(32-13-11-30(12-14-32)10-9-21-47-38(42)28(2)3)15-17-36(31)34-16-18-37(35(25-34)19-22-48-39(43)29(4)5)46-23-20-40(41,26-44-6)27-45-7/h11-18,24-25H,2,4,8-10,19-23,26-27H2,1,3,5-7H3. The molecule has 0 amide bonds. The van der Waals surface area contributed by atoms with E-state index in [9.17, 15) is 9.59 Å². The number of rotatable bonds is 20. The van der Waals surface area contributed by atoms with Crippen molar-refractivity contribution in [3.63, 3.8) is 0 Å². The number of aryl methyl sites for hydroxylation is 2. The molecule has 0 aliphatic carbocycles. The van der Waals surface area contributed by atoms with Gasteiger partial charge in [-0.2, -0.15) is 0 Å². The molecule has 0 aliphatic heterocycles. The fourth-order valence-electron chi connectivity index (χ4n) is 5.28. The van der Waals surface area contributed by atoms with E-state index in [1.807, 2.05) is 6.07 Å². The van der Waals surface area contributed by atoms with Crippen LogP contribution in [0.2, 0.25) is 0 Å². The number of hydrogen-bond donors (Lipinski definition) is 0. The van der Waals surface area contributed by atoms with Crippen LogP contribution in [0.1, 0.15) is 50.3 Å². The van der Waals surface area contributed by atoms with E-state index in [0.717, 1.165) is 59.3 Å². The fourth-order valence-corrected chi connectivity index (χ4v) is 6.13. The zero-order valence-corrected chi connectivity index (χ0v) is 31.2. The smallest absolute Gasteiger partial charge is 0.333 e. The van der Waals surface area contributed by atoms with Crippen molar-refractivity contribution in [3.8, 4) is 28.0 Å². The van der Waals surface area contributed by atoms with Crippen molar-refractivity contribution in [3.05, 3.63) is 102 Å². The van der Waals surface area contributed by atoms with Crippen LogP contribution < -0.4 is 4.74 Å². The Morgan fingerprint density at radius 1 is 0.729 bits per heavy atom. The maximum absolute atomic E-state index is 12.1. The first-order valence-corrected chi connectivity index (χ1v) is 17.4. The summed E-state index contributed by atoms with van der Waals surface area (Å²) in [5.74, 6) is 0.0235. The first-order chi connectivity index (χ1) is 23.0. The number of carbonyl (C=O) groups is 2. The molecular weight excluding hydrogens is 719 g/mol. The molecule has 0 atom stereocenters. The van der Waals surface area contributed by atoms with Crippen LogP contribution in [0.3, 0.4) is 0 Å². The van der Waals surface area contributed by atoms with E-state index >= 15 is 0 Å². The van der Waals surface area contributed by atoms with Gasteiger partial charge in [0.1, 0.15) is 5.75 Å². The molecule has 0 heterocycles. The van der Waals surface area contributed by atoms with E-state index in [-0.39, 0.29) is 16.0 Å². The van der Waals surface area contributed by atoms with Gasteiger partial charge in [0.25, 0.3) is 0 Å². The number of methoxy groups -OCH3 is 2. The van der Waals surface area contributed by atoms with Gasteiger partial charge < -0.3 is 23.7 Å². The summed E-state index contributed by atoms with van der Waals surface area (Å²) in [4.78, 5) is 23.7. The van der Waals surface area contributed by atoms with Crippen molar-refractivity contribution in [2.24, 2.45) is 0 Å². The highest BCUT2D eigenvalue weighted by Gasteiger charge is 2.27. The summed E-state index contributed by atoms with van der Waals surface area (Å²) >= 11 is 2.39. The molecule has 0 aromatic heterocycles. The molecule has 0 bridgehead atoms. The maximum atomic E-state index is 12.1. The van der Waals surface area contributed by atoms with Crippen molar-refractivity contribution in [2.75, 3.05) is 47.3 Å². The van der Waals surface area contributed by atoms with Crippen molar-refractivity contribution in [2.45, 2.75) is 56.3 Å². The highest BCUT2D eigenvalue weighted by molar-refractivity contribution is 14.1. The number of benzene rings is 3. The van der Waals surface area contributed by atoms with Gasteiger partial charge in [-0.15, -0.1) is 0 Å². The molecule has 0 fully saturated rings. The highest BCUT2D eigenvalue weighted by atomic mass is 127. The first-order valence-electron chi connectivity index (χ1n) is 16.3. The van der Waals surface area contributed by atoms with E-state index in [1.165, 1.54) is 11.1 Å².